The Kier molecular flexibility index (Phi) is 5.29. The van der Waals surface area contributed by atoms with E-state index in [4.69, 9.17) is 9.84 Å². The van der Waals surface area contributed by atoms with E-state index < -0.39 is 10.0 Å². The molecule has 2 aromatic rings. The molecular formula is C13H16N2O4S2. The Morgan fingerprint density at radius 2 is 2.24 bits per heavy atom. The van der Waals surface area contributed by atoms with Gasteiger partial charge < -0.3 is 9.84 Å². The smallest absolute Gasteiger partial charge is 0.244 e. The van der Waals surface area contributed by atoms with Crippen LogP contribution in [0.5, 0.6) is 5.75 Å². The summed E-state index contributed by atoms with van der Waals surface area (Å²) in [6.07, 6.45) is 0.519. The zero-order valence-corrected chi connectivity index (χ0v) is 13.1. The molecule has 0 spiro atoms. The van der Waals surface area contributed by atoms with Gasteiger partial charge in [-0.1, -0.05) is 6.07 Å². The van der Waals surface area contributed by atoms with Crippen LogP contribution in [-0.4, -0.2) is 32.2 Å². The highest BCUT2D eigenvalue weighted by Crippen LogP contribution is 2.24. The van der Waals surface area contributed by atoms with Crippen molar-refractivity contribution in [3.63, 3.8) is 0 Å². The molecule has 0 atom stereocenters. The molecule has 114 valence electrons. The second-order valence-corrected chi connectivity index (χ2v) is 6.72. The average Bonchev–Trinajstić information content (AvgIpc) is 2.99. The molecule has 21 heavy (non-hydrogen) atoms. The first-order valence-corrected chi connectivity index (χ1v) is 8.64. The van der Waals surface area contributed by atoms with Crippen LogP contribution in [0.15, 0.2) is 34.0 Å². The van der Waals surface area contributed by atoms with Gasteiger partial charge in [-0.3, -0.25) is 0 Å². The summed E-state index contributed by atoms with van der Waals surface area (Å²) in [5.74, 6) is 0.244. The molecule has 0 aliphatic rings. The number of hydrogen-bond acceptors (Lipinski definition) is 6. The zero-order valence-electron chi connectivity index (χ0n) is 11.4. The number of aliphatic hydroxyl groups is 1. The van der Waals surface area contributed by atoms with Crippen LogP contribution in [0, 0.1) is 0 Å². The largest absolute Gasteiger partial charge is 0.495 e. The van der Waals surface area contributed by atoms with Gasteiger partial charge in [0, 0.05) is 18.3 Å². The molecule has 0 saturated heterocycles. The maximum atomic E-state index is 12.3. The highest BCUT2D eigenvalue weighted by atomic mass is 32.2. The molecule has 0 bridgehead atoms. The normalized spacial score (nSPS) is 11.5. The molecule has 0 amide bonds. The van der Waals surface area contributed by atoms with Crippen LogP contribution < -0.4 is 9.46 Å². The Bertz CT molecular complexity index is 684. The first-order chi connectivity index (χ1) is 10.1. The van der Waals surface area contributed by atoms with E-state index in [1.807, 2.05) is 5.38 Å². The molecule has 2 rings (SSSR count). The third kappa shape index (κ3) is 4.01. The summed E-state index contributed by atoms with van der Waals surface area (Å²) in [4.78, 5) is 4.12. The molecule has 1 aromatic carbocycles. The number of aliphatic hydroxyl groups excluding tert-OH is 1. The summed E-state index contributed by atoms with van der Waals surface area (Å²) in [7, 11) is -2.29. The fraction of sp³-hybridized carbons (Fsp3) is 0.308. The van der Waals surface area contributed by atoms with Crippen molar-refractivity contribution in [2.24, 2.45) is 0 Å². The molecule has 0 fully saturated rings. The highest BCUT2D eigenvalue weighted by Gasteiger charge is 2.19. The topological polar surface area (TPSA) is 88.5 Å². The van der Waals surface area contributed by atoms with Crippen molar-refractivity contribution in [1.82, 2.24) is 9.71 Å². The number of sulfonamides is 1. The Hall–Kier alpha value is -1.48. The second kappa shape index (κ2) is 6.99. The number of hydrogen-bond donors (Lipinski definition) is 2. The standard InChI is InChI=1S/C13H16N2O4S2/c1-19-12-3-2-10(7-16)6-13(12)21(17,18)15-5-4-11-8-20-9-14-11/h2-3,6,8-9,15-16H,4-5,7H2,1H3. The van der Waals surface area contributed by atoms with Gasteiger partial charge in [0.15, 0.2) is 0 Å². The molecule has 0 radical (unpaired) electrons. The van der Waals surface area contributed by atoms with Crippen LogP contribution in [0.3, 0.4) is 0 Å². The van der Waals surface area contributed by atoms with Crippen molar-refractivity contribution in [1.29, 1.82) is 0 Å². The molecule has 0 aliphatic heterocycles. The lowest BCUT2D eigenvalue weighted by atomic mass is 10.2. The summed E-state index contributed by atoms with van der Waals surface area (Å²) < 4.78 is 32.2. The summed E-state index contributed by atoms with van der Waals surface area (Å²) in [6.45, 7) is 0.0178. The fourth-order valence-electron chi connectivity index (χ4n) is 1.78. The predicted molar refractivity (Wildman–Crippen MR) is 79.9 cm³/mol. The number of nitrogens with zero attached hydrogens (tertiary/aromatic N) is 1. The monoisotopic (exact) mass is 328 g/mol. The summed E-state index contributed by atoms with van der Waals surface area (Å²) in [5.41, 5.74) is 3.06. The van der Waals surface area contributed by atoms with Crippen molar-refractivity contribution >= 4 is 21.4 Å². The highest BCUT2D eigenvalue weighted by molar-refractivity contribution is 7.89. The lowest BCUT2D eigenvalue weighted by Crippen LogP contribution is -2.26. The third-order valence-electron chi connectivity index (χ3n) is 2.86. The minimum atomic E-state index is -3.70. The number of nitrogens with one attached hydrogen (secondary N) is 1. The van der Waals surface area contributed by atoms with Gasteiger partial charge >= 0.3 is 0 Å². The Balaban J connectivity index is 2.14. The molecule has 6 nitrogen and oxygen atoms in total. The summed E-state index contributed by atoms with van der Waals surface area (Å²) >= 11 is 1.47. The van der Waals surface area contributed by atoms with Gasteiger partial charge in [-0.2, -0.15) is 0 Å². The van der Waals surface area contributed by atoms with Gasteiger partial charge in [-0.05, 0) is 17.7 Å². The second-order valence-electron chi connectivity index (χ2n) is 4.27. The van der Waals surface area contributed by atoms with E-state index in [1.54, 1.807) is 11.6 Å². The van der Waals surface area contributed by atoms with Crippen LogP contribution in [-0.2, 0) is 23.1 Å². The molecule has 8 heteroatoms. The van der Waals surface area contributed by atoms with Crippen molar-refractivity contribution in [3.8, 4) is 5.75 Å². The number of methoxy groups -OCH3 is 1. The third-order valence-corrected chi connectivity index (χ3v) is 4.97. The van der Waals surface area contributed by atoms with Gasteiger partial charge in [-0.15, -0.1) is 11.3 Å². The minimum absolute atomic E-state index is 0.0230. The Morgan fingerprint density at radius 1 is 1.43 bits per heavy atom. The Morgan fingerprint density at radius 3 is 2.86 bits per heavy atom. The molecule has 0 aliphatic carbocycles. The van der Waals surface area contributed by atoms with Crippen LogP contribution in [0.1, 0.15) is 11.3 Å². The molecular weight excluding hydrogens is 312 g/mol. The van der Waals surface area contributed by atoms with E-state index in [9.17, 15) is 8.42 Å². The van der Waals surface area contributed by atoms with E-state index in [0.29, 0.717) is 12.0 Å². The van der Waals surface area contributed by atoms with Crippen LogP contribution >= 0.6 is 11.3 Å². The number of thiazole rings is 1. The number of rotatable bonds is 7. The Labute approximate surface area is 127 Å². The van der Waals surface area contributed by atoms with E-state index in [-0.39, 0.29) is 23.8 Å². The first kappa shape index (κ1) is 15.9. The number of ether oxygens (including phenoxy) is 1. The van der Waals surface area contributed by atoms with Gasteiger partial charge in [0.2, 0.25) is 10.0 Å². The molecule has 1 aromatic heterocycles. The van der Waals surface area contributed by atoms with Crippen molar-refractivity contribution in [3.05, 3.63) is 40.3 Å². The summed E-state index contributed by atoms with van der Waals surface area (Å²) in [5, 5.41) is 11.0. The lowest BCUT2D eigenvalue weighted by Gasteiger charge is -2.11. The first-order valence-electron chi connectivity index (χ1n) is 6.21. The summed E-state index contributed by atoms with van der Waals surface area (Å²) in [6, 6.07) is 4.55. The molecule has 0 unspecified atom stereocenters. The molecule has 2 N–H and O–H groups in total. The number of aromatic nitrogens is 1. The van der Waals surface area contributed by atoms with Crippen molar-refractivity contribution < 1.29 is 18.3 Å². The van der Waals surface area contributed by atoms with Crippen molar-refractivity contribution in [2.45, 2.75) is 17.9 Å². The van der Waals surface area contributed by atoms with Crippen LogP contribution in [0.4, 0.5) is 0 Å². The lowest BCUT2D eigenvalue weighted by molar-refractivity contribution is 0.281. The van der Waals surface area contributed by atoms with E-state index in [2.05, 4.69) is 9.71 Å². The average molecular weight is 328 g/mol. The van der Waals surface area contributed by atoms with E-state index in [0.717, 1.165) is 5.69 Å². The molecule has 0 saturated carbocycles. The van der Waals surface area contributed by atoms with E-state index in [1.165, 1.54) is 30.6 Å². The minimum Gasteiger partial charge on any atom is -0.495 e. The fourth-order valence-corrected chi connectivity index (χ4v) is 3.62. The van der Waals surface area contributed by atoms with Gasteiger partial charge in [0.05, 0.1) is 24.9 Å². The van der Waals surface area contributed by atoms with Gasteiger partial charge in [0.25, 0.3) is 0 Å². The SMILES string of the molecule is COc1ccc(CO)cc1S(=O)(=O)NCCc1cscn1. The molecule has 1 heterocycles. The predicted octanol–water partition coefficient (Wildman–Crippen LogP) is 1.17. The maximum absolute atomic E-state index is 12.3. The number of benzene rings is 1. The van der Waals surface area contributed by atoms with Gasteiger partial charge in [0.1, 0.15) is 10.6 Å². The quantitative estimate of drug-likeness (QED) is 0.796. The van der Waals surface area contributed by atoms with E-state index >= 15 is 0 Å². The van der Waals surface area contributed by atoms with Crippen molar-refractivity contribution in [2.75, 3.05) is 13.7 Å². The van der Waals surface area contributed by atoms with Gasteiger partial charge in [-0.25, -0.2) is 18.1 Å². The van der Waals surface area contributed by atoms with Crippen LogP contribution in [0.2, 0.25) is 0 Å². The zero-order chi connectivity index (χ0) is 15.3. The maximum Gasteiger partial charge on any atom is 0.244 e. The van der Waals surface area contributed by atoms with Crippen LogP contribution in [0.25, 0.3) is 0 Å².